The number of pyridine rings is 1. The van der Waals surface area contributed by atoms with Gasteiger partial charge in [0.05, 0.1) is 18.3 Å². The first-order chi connectivity index (χ1) is 9.06. The van der Waals surface area contributed by atoms with E-state index in [9.17, 15) is 4.79 Å². The molecule has 2 aromatic rings. The van der Waals surface area contributed by atoms with Gasteiger partial charge in [0.15, 0.2) is 0 Å². The number of carbonyl (C=O) groups is 1. The molecule has 1 amide bonds. The monoisotopic (exact) mass is 275 g/mol. The van der Waals surface area contributed by atoms with Gasteiger partial charge in [0.25, 0.3) is 0 Å². The SMILES string of the molecule is Cc1c(Cl)cccc1NC(=O)Cc1ccc(N)cn1. The molecule has 5 heteroatoms. The van der Waals surface area contributed by atoms with Crippen LogP contribution in [0.5, 0.6) is 0 Å². The number of nitrogens with zero attached hydrogens (tertiary/aromatic N) is 1. The molecule has 1 aromatic heterocycles. The van der Waals surface area contributed by atoms with Crippen molar-refractivity contribution < 1.29 is 4.79 Å². The van der Waals surface area contributed by atoms with E-state index in [0.717, 1.165) is 5.56 Å². The Labute approximate surface area is 116 Å². The Bertz CT molecular complexity index is 596. The van der Waals surface area contributed by atoms with Crippen molar-refractivity contribution in [3.8, 4) is 0 Å². The van der Waals surface area contributed by atoms with Gasteiger partial charge in [-0.05, 0) is 36.8 Å². The van der Waals surface area contributed by atoms with Gasteiger partial charge in [0.1, 0.15) is 0 Å². The zero-order valence-electron chi connectivity index (χ0n) is 10.5. The van der Waals surface area contributed by atoms with Crippen molar-refractivity contribution >= 4 is 28.9 Å². The van der Waals surface area contributed by atoms with E-state index < -0.39 is 0 Å². The first kappa shape index (κ1) is 13.4. The molecule has 0 aliphatic carbocycles. The zero-order valence-corrected chi connectivity index (χ0v) is 11.2. The molecule has 98 valence electrons. The Morgan fingerprint density at radius 1 is 1.37 bits per heavy atom. The summed E-state index contributed by atoms with van der Waals surface area (Å²) < 4.78 is 0. The molecule has 0 radical (unpaired) electrons. The lowest BCUT2D eigenvalue weighted by molar-refractivity contribution is -0.115. The molecular weight excluding hydrogens is 262 g/mol. The van der Waals surface area contributed by atoms with Crippen molar-refractivity contribution in [2.45, 2.75) is 13.3 Å². The highest BCUT2D eigenvalue weighted by Gasteiger charge is 2.08. The summed E-state index contributed by atoms with van der Waals surface area (Å²) in [6.07, 6.45) is 1.74. The maximum absolute atomic E-state index is 11.9. The summed E-state index contributed by atoms with van der Waals surface area (Å²) in [4.78, 5) is 16.0. The molecule has 0 atom stereocenters. The van der Waals surface area contributed by atoms with Gasteiger partial charge in [-0.3, -0.25) is 9.78 Å². The highest BCUT2D eigenvalue weighted by Crippen LogP contribution is 2.22. The summed E-state index contributed by atoms with van der Waals surface area (Å²) >= 11 is 6.00. The Morgan fingerprint density at radius 2 is 2.16 bits per heavy atom. The lowest BCUT2D eigenvalue weighted by Gasteiger charge is -2.09. The zero-order chi connectivity index (χ0) is 13.8. The third kappa shape index (κ3) is 3.45. The van der Waals surface area contributed by atoms with Gasteiger partial charge in [-0.25, -0.2) is 0 Å². The fourth-order valence-electron chi connectivity index (χ4n) is 1.64. The molecule has 0 bridgehead atoms. The van der Waals surface area contributed by atoms with E-state index in [1.165, 1.54) is 6.20 Å². The Kier molecular flexibility index (Phi) is 4.02. The van der Waals surface area contributed by atoms with Gasteiger partial charge in [-0.2, -0.15) is 0 Å². The van der Waals surface area contributed by atoms with Crippen molar-refractivity contribution in [1.82, 2.24) is 4.98 Å². The standard InChI is InChI=1S/C14H14ClN3O/c1-9-12(15)3-2-4-13(9)18-14(19)7-11-6-5-10(16)8-17-11/h2-6,8H,7,16H2,1H3,(H,18,19). The molecule has 0 saturated heterocycles. The Balaban J connectivity index is 2.05. The molecular formula is C14H14ClN3O. The van der Waals surface area contributed by atoms with E-state index in [1.807, 2.05) is 13.0 Å². The number of anilines is 2. The summed E-state index contributed by atoms with van der Waals surface area (Å²) in [6.45, 7) is 1.86. The Morgan fingerprint density at radius 3 is 2.84 bits per heavy atom. The fourth-order valence-corrected chi connectivity index (χ4v) is 1.82. The molecule has 1 aromatic carbocycles. The number of carbonyl (C=O) groups excluding carboxylic acids is 1. The minimum absolute atomic E-state index is 0.136. The molecule has 3 N–H and O–H groups in total. The summed E-state index contributed by atoms with van der Waals surface area (Å²) in [5.41, 5.74) is 8.36. The lowest BCUT2D eigenvalue weighted by Crippen LogP contribution is -2.16. The number of rotatable bonds is 3. The van der Waals surface area contributed by atoms with Crippen LogP contribution in [-0.4, -0.2) is 10.9 Å². The Hall–Kier alpha value is -2.07. The minimum Gasteiger partial charge on any atom is -0.397 e. The molecule has 0 saturated carbocycles. The van der Waals surface area contributed by atoms with Crippen LogP contribution in [0.3, 0.4) is 0 Å². The number of halogens is 1. The molecule has 0 aliphatic rings. The molecule has 1 heterocycles. The third-order valence-electron chi connectivity index (χ3n) is 2.73. The van der Waals surface area contributed by atoms with E-state index in [4.69, 9.17) is 17.3 Å². The summed E-state index contributed by atoms with van der Waals surface area (Å²) in [5, 5.41) is 3.45. The van der Waals surface area contributed by atoms with Gasteiger partial charge in [0, 0.05) is 16.4 Å². The number of hydrogen-bond donors (Lipinski definition) is 2. The molecule has 0 spiro atoms. The highest BCUT2D eigenvalue weighted by atomic mass is 35.5. The predicted octanol–water partition coefficient (Wildman–Crippen LogP) is 2.81. The van der Waals surface area contributed by atoms with Crippen LogP contribution in [0.25, 0.3) is 0 Å². The van der Waals surface area contributed by atoms with Crippen LogP contribution in [-0.2, 0) is 11.2 Å². The molecule has 19 heavy (non-hydrogen) atoms. The number of benzene rings is 1. The van der Waals surface area contributed by atoms with E-state index in [2.05, 4.69) is 10.3 Å². The predicted molar refractivity (Wildman–Crippen MR) is 77.2 cm³/mol. The van der Waals surface area contributed by atoms with Crippen molar-refractivity contribution in [3.63, 3.8) is 0 Å². The second-order valence-electron chi connectivity index (χ2n) is 4.22. The van der Waals surface area contributed by atoms with Crippen LogP contribution in [0.15, 0.2) is 36.5 Å². The number of nitrogen functional groups attached to an aromatic ring is 1. The van der Waals surface area contributed by atoms with Crippen LogP contribution in [0.4, 0.5) is 11.4 Å². The van der Waals surface area contributed by atoms with Crippen molar-refractivity contribution in [2.75, 3.05) is 11.1 Å². The first-order valence-electron chi connectivity index (χ1n) is 5.81. The minimum atomic E-state index is -0.136. The van der Waals surface area contributed by atoms with Crippen LogP contribution >= 0.6 is 11.6 Å². The van der Waals surface area contributed by atoms with E-state index in [-0.39, 0.29) is 12.3 Å². The number of amides is 1. The van der Waals surface area contributed by atoms with Crippen LogP contribution in [0.1, 0.15) is 11.3 Å². The maximum Gasteiger partial charge on any atom is 0.230 e. The lowest BCUT2D eigenvalue weighted by atomic mass is 10.2. The van der Waals surface area contributed by atoms with E-state index in [0.29, 0.717) is 22.1 Å². The summed E-state index contributed by atoms with van der Waals surface area (Å²) in [6, 6.07) is 8.86. The quantitative estimate of drug-likeness (QED) is 0.905. The van der Waals surface area contributed by atoms with Crippen LogP contribution in [0, 0.1) is 6.92 Å². The summed E-state index contributed by atoms with van der Waals surface area (Å²) in [5.74, 6) is -0.136. The van der Waals surface area contributed by atoms with E-state index in [1.54, 1.807) is 24.3 Å². The van der Waals surface area contributed by atoms with Gasteiger partial charge < -0.3 is 11.1 Å². The first-order valence-corrected chi connectivity index (χ1v) is 6.19. The second-order valence-corrected chi connectivity index (χ2v) is 4.63. The van der Waals surface area contributed by atoms with Gasteiger partial charge in [0.2, 0.25) is 5.91 Å². The number of nitrogens with one attached hydrogen (secondary N) is 1. The van der Waals surface area contributed by atoms with Crippen molar-refractivity contribution in [2.24, 2.45) is 0 Å². The normalized spacial score (nSPS) is 10.2. The third-order valence-corrected chi connectivity index (χ3v) is 3.14. The molecule has 2 rings (SSSR count). The fraction of sp³-hybridized carbons (Fsp3) is 0.143. The van der Waals surface area contributed by atoms with Crippen molar-refractivity contribution in [1.29, 1.82) is 0 Å². The topological polar surface area (TPSA) is 68.0 Å². The van der Waals surface area contributed by atoms with Crippen molar-refractivity contribution in [3.05, 3.63) is 52.8 Å². The average molecular weight is 276 g/mol. The highest BCUT2D eigenvalue weighted by molar-refractivity contribution is 6.31. The second kappa shape index (κ2) is 5.71. The molecule has 0 unspecified atom stereocenters. The molecule has 0 fully saturated rings. The van der Waals surface area contributed by atoms with Crippen LogP contribution < -0.4 is 11.1 Å². The largest absolute Gasteiger partial charge is 0.397 e. The average Bonchev–Trinajstić information content (AvgIpc) is 2.38. The smallest absolute Gasteiger partial charge is 0.230 e. The number of nitrogens with two attached hydrogens (primary N) is 1. The van der Waals surface area contributed by atoms with Gasteiger partial charge in [-0.15, -0.1) is 0 Å². The molecule has 4 nitrogen and oxygen atoms in total. The maximum atomic E-state index is 11.9. The van der Waals surface area contributed by atoms with Gasteiger partial charge in [-0.1, -0.05) is 17.7 Å². The van der Waals surface area contributed by atoms with E-state index >= 15 is 0 Å². The van der Waals surface area contributed by atoms with Gasteiger partial charge >= 0.3 is 0 Å². The summed E-state index contributed by atoms with van der Waals surface area (Å²) in [7, 11) is 0. The number of aromatic nitrogens is 1. The number of hydrogen-bond acceptors (Lipinski definition) is 3. The van der Waals surface area contributed by atoms with Crippen LogP contribution in [0.2, 0.25) is 5.02 Å². The molecule has 0 aliphatic heterocycles.